The maximum absolute atomic E-state index is 10.1. The van der Waals surface area contributed by atoms with Crippen molar-refractivity contribution < 1.29 is 19.8 Å². The molecule has 7 heteroatoms. The Bertz CT molecular complexity index is 224. The summed E-state index contributed by atoms with van der Waals surface area (Å²) < 4.78 is 0. The normalized spacial score (nSPS) is 13.6. The van der Waals surface area contributed by atoms with E-state index in [1.165, 1.54) is 0 Å². The van der Waals surface area contributed by atoms with E-state index in [4.69, 9.17) is 15.9 Å². The maximum Gasteiger partial charge on any atom is 0.320 e. The van der Waals surface area contributed by atoms with E-state index in [1.807, 2.05) is 0 Å². The van der Waals surface area contributed by atoms with Crippen LogP contribution in [0, 0.1) is 0 Å². The van der Waals surface area contributed by atoms with Gasteiger partial charge < -0.3 is 15.9 Å². The largest absolute Gasteiger partial charge is 0.480 e. The van der Waals surface area contributed by atoms with Crippen LogP contribution in [-0.4, -0.2) is 59.0 Å². The van der Waals surface area contributed by atoms with E-state index < -0.39 is 18.0 Å². The van der Waals surface area contributed by atoms with Crippen molar-refractivity contribution in [2.75, 3.05) is 19.8 Å². The number of aliphatic carboxylic acids is 2. The van der Waals surface area contributed by atoms with Crippen LogP contribution in [0.2, 0.25) is 0 Å². The highest BCUT2D eigenvalue weighted by molar-refractivity contribution is 7.80. The van der Waals surface area contributed by atoms with Gasteiger partial charge in [0.2, 0.25) is 0 Å². The summed E-state index contributed by atoms with van der Waals surface area (Å²) in [5.74, 6) is -1.22. The van der Waals surface area contributed by atoms with Crippen LogP contribution in [0.5, 0.6) is 0 Å². The number of rotatable bonds is 5. The van der Waals surface area contributed by atoms with Gasteiger partial charge in [-0.2, -0.15) is 12.6 Å². The molecule has 0 amide bonds. The number of nitrogens with zero attached hydrogens (tertiary/aromatic N) is 1. The quantitative estimate of drug-likeness (QED) is 0.503. The highest BCUT2D eigenvalue weighted by Crippen LogP contribution is 1.89. The summed E-state index contributed by atoms with van der Waals surface area (Å²) in [5.41, 5.74) is 5.08. The fraction of sp³-hybridized carbons (Fsp3) is 0.778. The minimum atomic E-state index is -0.959. The van der Waals surface area contributed by atoms with Crippen LogP contribution in [0.15, 0.2) is 0 Å². The third kappa shape index (κ3) is 9.75. The zero-order valence-corrected chi connectivity index (χ0v) is 10.6. The van der Waals surface area contributed by atoms with Gasteiger partial charge in [-0.3, -0.25) is 14.5 Å². The Morgan fingerprint density at radius 2 is 1.75 bits per heavy atom. The van der Waals surface area contributed by atoms with Crippen LogP contribution in [0.4, 0.5) is 0 Å². The molecule has 6 nitrogen and oxygen atoms in total. The van der Waals surface area contributed by atoms with Crippen molar-refractivity contribution >= 4 is 24.6 Å². The molecule has 0 aliphatic heterocycles. The first-order valence-corrected chi connectivity index (χ1v) is 5.35. The molecule has 0 heterocycles. The van der Waals surface area contributed by atoms with Crippen molar-refractivity contribution in [2.45, 2.75) is 25.4 Å². The summed E-state index contributed by atoms with van der Waals surface area (Å²) in [5, 5.41) is 16.5. The van der Waals surface area contributed by atoms with Crippen molar-refractivity contribution in [1.82, 2.24) is 4.90 Å². The molecule has 96 valence electrons. The van der Waals surface area contributed by atoms with Crippen LogP contribution in [0.3, 0.4) is 0 Å². The smallest absolute Gasteiger partial charge is 0.320 e. The van der Waals surface area contributed by atoms with Crippen molar-refractivity contribution in [2.24, 2.45) is 5.73 Å². The molecule has 0 aromatic rings. The molecule has 1 unspecified atom stereocenters. The number of likely N-dealkylation sites (N-methyl/N-ethyl adjacent to an activating group) is 1. The molecule has 0 rings (SSSR count). The van der Waals surface area contributed by atoms with Gasteiger partial charge in [-0.05, 0) is 33.2 Å². The van der Waals surface area contributed by atoms with Gasteiger partial charge in [0.1, 0.15) is 12.1 Å². The zero-order valence-electron chi connectivity index (χ0n) is 9.75. The zero-order chi connectivity index (χ0) is 13.3. The lowest BCUT2D eigenvalue weighted by molar-refractivity contribution is -0.141. The minimum Gasteiger partial charge on any atom is -0.480 e. The number of carbonyl (C=O) groups is 2. The van der Waals surface area contributed by atoms with Crippen LogP contribution < -0.4 is 5.73 Å². The summed E-state index contributed by atoms with van der Waals surface area (Å²) in [4.78, 5) is 21.7. The lowest BCUT2D eigenvalue weighted by Crippen LogP contribution is -2.32. The molecule has 0 aliphatic rings. The summed E-state index contributed by atoms with van der Waals surface area (Å²) >= 11 is 3.81. The van der Waals surface area contributed by atoms with Gasteiger partial charge >= 0.3 is 11.9 Å². The molecule has 0 aliphatic carbocycles. The summed E-state index contributed by atoms with van der Waals surface area (Å²) in [6.45, 7) is 1.64. The van der Waals surface area contributed by atoms with E-state index in [0.29, 0.717) is 12.2 Å². The molecule has 0 bridgehead atoms. The lowest BCUT2D eigenvalue weighted by atomic mass is 10.2. The molecule has 4 N–H and O–H groups in total. The number of hydrogen-bond acceptors (Lipinski definition) is 5. The third-order valence-corrected chi connectivity index (χ3v) is 2.15. The van der Waals surface area contributed by atoms with Gasteiger partial charge in [0.15, 0.2) is 0 Å². The first-order chi connectivity index (χ1) is 7.23. The number of thiol groups is 1. The van der Waals surface area contributed by atoms with E-state index >= 15 is 0 Å². The molecule has 0 radical (unpaired) electrons. The first kappa shape index (κ1) is 17.6. The van der Waals surface area contributed by atoms with E-state index in [9.17, 15) is 9.59 Å². The van der Waals surface area contributed by atoms with E-state index in [2.05, 4.69) is 12.6 Å². The first-order valence-electron chi connectivity index (χ1n) is 4.72. The molecule has 0 fully saturated rings. The fourth-order valence-corrected chi connectivity index (χ4v) is 0.762. The Morgan fingerprint density at radius 3 is 1.81 bits per heavy atom. The Balaban J connectivity index is 0. The number of carboxylic acids is 2. The summed E-state index contributed by atoms with van der Waals surface area (Å²) in [6, 6.07) is -1.12. The van der Waals surface area contributed by atoms with Crippen LogP contribution in [0.25, 0.3) is 0 Å². The number of hydrogen-bond donors (Lipinski definition) is 4. The molecule has 0 aromatic heterocycles. The monoisotopic (exact) mass is 252 g/mol. The Kier molecular flexibility index (Phi) is 10.4. The Morgan fingerprint density at radius 1 is 1.31 bits per heavy atom. The van der Waals surface area contributed by atoms with Gasteiger partial charge in [-0.25, -0.2) is 0 Å². The van der Waals surface area contributed by atoms with Gasteiger partial charge in [-0.15, -0.1) is 0 Å². The number of carboxylic acid groups (broad SMARTS) is 2. The molecule has 0 saturated carbocycles. The van der Waals surface area contributed by atoms with E-state index in [1.54, 1.807) is 25.9 Å². The SMILES string of the molecule is CC(C(=O)O)N(C)C.N[C@@H](CCS)C(=O)O. The van der Waals surface area contributed by atoms with Gasteiger partial charge in [0, 0.05) is 0 Å². The van der Waals surface area contributed by atoms with E-state index in [0.717, 1.165) is 0 Å². The molecular formula is C9H20N2O4S. The molecule has 0 aromatic carbocycles. The Hall–Kier alpha value is -0.790. The molecule has 0 saturated heterocycles. The fourth-order valence-electron chi connectivity index (χ4n) is 0.483. The second kappa shape index (κ2) is 9.44. The lowest BCUT2D eigenvalue weighted by Gasteiger charge is -2.13. The van der Waals surface area contributed by atoms with Crippen molar-refractivity contribution in [1.29, 1.82) is 0 Å². The summed E-state index contributed by atoms with van der Waals surface area (Å²) in [7, 11) is 3.47. The summed E-state index contributed by atoms with van der Waals surface area (Å²) in [6.07, 6.45) is 0.429. The molecule has 0 spiro atoms. The average molecular weight is 252 g/mol. The van der Waals surface area contributed by atoms with Crippen LogP contribution in [0.1, 0.15) is 13.3 Å². The highest BCUT2D eigenvalue weighted by atomic mass is 32.1. The predicted molar refractivity (Wildman–Crippen MR) is 64.9 cm³/mol. The van der Waals surface area contributed by atoms with Gasteiger partial charge in [0.25, 0.3) is 0 Å². The van der Waals surface area contributed by atoms with Gasteiger partial charge in [0.05, 0.1) is 0 Å². The average Bonchev–Trinajstić information content (AvgIpc) is 2.17. The highest BCUT2D eigenvalue weighted by Gasteiger charge is 2.11. The van der Waals surface area contributed by atoms with Crippen molar-refractivity contribution in [3.8, 4) is 0 Å². The van der Waals surface area contributed by atoms with Gasteiger partial charge in [-0.1, -0.05) is 0 Å². The molecular weight excluding hydrogens is 232 g/mol. The number of nitrogens with two attached hydrogens (primary N) is 1. The van der Waals surface area contributed by atoms with Crippen molar-refractivity contribution in [3.05, 3.63) is 0 Å². The minimum absolute atomic E-state index is 0.380. The van der Waals surface area contributed by atoms with Crippen LogP contribution in [-0.2, 0) is 9.59 Å². The second-order valence-corrected chi connectivity index (χ2v) is 3.88. The topological polar surface area (TPSA) is 104 Å². The Labute approximate surface area is 101 Å². The maximum atomic E-state index is 10.1. The predicted octanol–water partition coefficient (Wildman–Crippen LogP) is -0.261. The van der Waals surface area contributed by atoms with Crippen molar-refractivity contribution in [3.63, 3.8) is 0 Å². The standard InChI is InChI=1S/C5H11NO2.C4H9NO2S/c1-4(5(7)8)6(2)3;5-3(1-2-8)4(6)7/h4H,1-3H3,(H,7,8);3,8H,1-2,5H2,(H,6,7)/t;3-/m.0/s1. The molecule has 16 heavy (non-hydrogen) atoms. The van der Waals surface area contributed by atoms with E-state index in [-0.39, 0.29) is 6.04 Å². The molecule has 2 atom stereocenters. The third-order valence-electron chi connectivity index (χ3n) is 1.89. The second-order valence-electron chi connectivity index (χ2n) is 3.43. The van der Waals surface area contributed by atoms with Crippen LogP contribution >= 0.6 is 12.6 Å².